The van der Waals surface area contributed by atoms with E-state index < -0.39 is 0 Å². The van der Waals surface area contributed by atoms with Crippen molar-refractivity contribution in [3.05, 3.63) is 54.7 Å². The van der Waals surface area contributed by atoms with Gasteiger partial charge < -0.3 is 9.47 Å². The fourth-order valence-corrected chi connectivity index (χ4v) is 4.22. The number of methoxy groups -OCH3 is 1. The predicted molar refractivity (Wildman–Crippen MR) is 120 cm³/mol. The highest BCUT2D eigenvalue weighted by Gasteiger charge is 2.10. The van der Waals surface area contributed by atoms with Crippen molar-refractivity contribution in [1.29, 1.82) is 0 Å². The van der Waals surface area contributed by atoms with Crippen LogP contribution in [0.25, 0.3) is 0 Å². The summed E-state index contributed by atoms with van der Waals surface area (Å²) in [6, 6.07) is 11.3. The van der Waals surface area contributed by atoms with Crippen molar-refractivity contribution < 1.29 is 14.3 Å². The van der Waals surface area contributed by atoms with Crippen molar-refractivity contribution in [2.24, 2.45) is 5.10 Å². The number of nitrogens with one attached hydrogen (secondary N) is 1. The summed E-state index contributed by atoms with van der Waals surface area (Å²) < 4.78 is 12.9. The van der Waals surface area contributed by atoms with Crippen molar-refractivity contribution in [3.63, 3.8) is 0 Å². The van der Waals surface area contributed by atoms with Crippen LogP contribution in [0.5, 0.6) is 11.5 Å². The van der Waals surface area contributed by atoms with Gasteiger partial charge in [-0.3, -0.25) is 4.79 Å². The van der Waals surface area contributed by atoms with Gasteiger partial charge in [-0.05, 0) is 94.4 Å². The number of halogens is 2. The number of ether oxygens (including phenoxy) is 2. The molecule has 0 heterocycles. The van der Waals surface area contributed by atoms with Crippen LogP contribution >= 0.6 is 45.2 Å². The lowest BCUT2D eigenvalue weighted by molar-refractivity contribution is -0.120. The van der Waals surface area contributed by atoms with E-state index in [4.69, 9.17) is 9.47 Å². The molecule has 2 aromatic carbocycles. The van der Waals surface area contributed by atoms with E-state index in [1.807, 2.05) is 50.2 Å². The highest BCUT2D eigenvalue weighted by molar-refractivity contribution is 14.1. The number of hydrazone groups is 1. The van der Waals surface area contributed by atoms with Gasteiger partial charge in [0.05, 0.1) is 33.0 Å². The van der Waals surface area contributed by atoms with Gasteiger partial charge in [0.2, 0.25) is 5.91 Å². The van der Waals surface area contributed by atoms with Gasteiger partial charge in [-0.2, -0.15) is 5.10 Å². The second-order valence-corrected chi connectivity index (χ2v) is 8.12. The van der Waals surface area contributed by atoms with Crippen molar-refractivity contribution in [2.45, 2.75) is 26.4 Å². The summed E-state index contributed by atoms with van der Waals surface area (Å²) in [6.45, 7) is 4.00. The van der Waals surface area contributed by atoms with Gasteiger partial charge in [0, 0.05) is 0 Å². The standard InChI is InChI=1S/C19H20I2N2O3/c1-12(2)26-19-16(20)8-14(9-17(19)21)11-22-23-18(24)10-13-4-6-15(25-3)7-5-13/h4-9,11-12H,10H2,1-3H3,(H,23,24)/b22-11+. The molecule has 1 amide bonds. The van der Waals surface area contributed by atoms with E-state index in [1.54, 1.807) is 13.3 Å². The predicted octanol–water partition coefficient (Wildman–Crippen LogP) is 4.38. The van der Waals surface area contributed by atoms with E-state index in [9.17, 15) is 4.79 Å². The van der Waals surface area contributed by atoms with E-state index in [-0.39, 0.29) is 18.4 Å². The lowest BCUT2D eigenvalue weighted by Gasteiger charge is -2.14. The normalized spacial score (nSPS) is 11.0. The van der Waals surface area contributed by atoms with Crippen molar-refractivity contribution in [1.82, 2.24) is 5.43 Å². The third kappa shape index (κ3) is 6.42. The second kappa shape index (κ2) is 10.1. The molecule has 0 radical (unpaired) electrons. The summed E-state index contributed by atoms with van der Waals surface area (Å²) in [6.07, 6.45) is 2.02. The summed E-state index contributed by atoms with van der Waals surface area (Å²) in [4.78, 5) is 12.0. The molecule has 0 bridgehead atoms. The maximum absolute atomic E-state index is 12.0. The molecular formula is C19H20I2N2O3. The molecule has 0 saturated carbocycles. The Labute approximate surface area is 180 Å². The molecule has 0 aliphatic rings. The Bertz CT molecular complexity index is 767. The molecule has 0 fully saturated rings. The Morgan fingerprint density at radius 2 is 1.81 bits per heavy atom. The Morgan fingerprint density at radius 3 is 2.35 bits per heavy atom. The van der Waals surface area contributed by atoms with Crippen LogP contribution in [0.4, 0.5) is 0 Å². The second-order valence-electron chi connectivity index (χ2n) is 5.80. The topological polar surface area (TPSA) is 59.9 Å². The number of carbonyl (C=O) groups excluding carboxylic acids is 1. The molecule has 2 aromatic rings. The lowest BCUT2D eigenvalue weighted by Crippen LogP contribution is -2.19. The molecule has 7 heteroatoms. The Morgan fingerprint density at radius 1 is 1.19 bits per heavy atom. The molecule has 26 heavy (non-hydrogen) atoms. The molecule has 0 saturated heterocycles. The molecule has 0 aliphatic carbocycles. The number of hydrogen-bond acceptors (Lipinski definition) is 4. The summed E-state index contributed by atoms with van der Waals surface area (Å²) in [7, 11) is 1.61. The van der Waals surface area contributed by atoms with Crippen LogP contribution < -0.4 is 14.9 Å². The Balaban J connectivity index is 1.95. The third-order valence-corrected chi connectivity index (χ3v) is 4.90. The van der Waals surface area contributed by atoms with Gasteiger partial charge in [-0.1, -0.05) is 12.1 Å². The zero-order chi connectivity index (χ0) is 19.1. The molecule has 0 aromatic heterocycles. The van der Waals surface area contributed by atoms with E-state index in [2.05, 4.69) is 55.7 Å². The van der Waals surface area contributed by atoms with E-state index in [1.165, 1.54) is 0 Å². The van der Waals surface area contributed by atoms with Crippen molar-refractivity contribution in [2.75, 3.05) is 7.11 Å². The van der Waals surface area contributed by atoms with Crippen molar-refractivity contribution in [3.8, 4) is 11.5 Å². The number of amides is 1. The smallest absolute Gasteiger partial charge is 0.244 e. The number of benzene rings is 2. The molecule has 1 N–H and O–H groups in total. The molecular weight excluding hydrogens is 558 g/mol. The summed E-state index contributed by atoms with van der Waals surface area (Å²) in [5, 5.41) is 4.05. The largest absolute Gasteiger partial charge is 0.497 e. The maximum Gasteiger partial charge on any atom is 0.244 e. The van der Waals surface area contributed by atoms with Gasteiger partial charge in [0.25, 0.3) is 0 Å². The molecule has 5 nitrogen and oxygen atoms in total. The number of hydrogen-bond donors (Lipinski definition) is 1. The molecule has 0 aliphatic heterocycles. The highest BCUT2D eigenvalue weighted by Crippen LogP contribution is 2.29. The lowest BCUT2D eigenvalue weighted by atomic mass is 10.1. The van der Waals surface area contributed by atoms with E-state index in [0.717, 1.165) is 29.8 Å². The van der Waals surface area contributed by atoms with Crippen LogP contribution in [0.3, 0.4) is 0 Å². The molecule has 0 atom stereocenters. The number of carbonyl (C=O) groups is 1. The Hall–Kier alpha value is -1.36. The molecule has 0 spiro atoms. The van der Waals surface area contributed by atoms with Crippen LogP contribution in [-0.2, 0) is 11.2 Å². The first-order valence-electron chi connectivity index (χ1n) is 7.99. The van der Waals surface area contributed by atoms with Crippen molar-refractivity contribution >= 4 is 57.3 Å². The zero-order valence-corrected chi connectivity index (χ0v) is 19.1. The SMILES string of the molecule is COc1ccc(CC(=O)N/N=C/c2cc(I)c(OC(C)C)c(I)c2)cc1. The quantitative estimate of drug-likeness (QED) is 0.302. The summed E-state index contributed by atoms with van der Waals surface area (Å²) in [5.74, 6) is 1.47. The molecule has 138 valence electrons. The average molecular weight is 578 g/mol. The van der Waals surface area contributed by atoms with Gasteiger partial charge in [0.1, 0.15) is 11.5 Å². The Kier molecular flexibility index (Phi) is 8.14. The summed E-state index contributed by atoms with van der Waals surface area (Å²) in [5.41, 5.74) is 4.36. The maximum atomic E-state index is 12.0. The van der Waals surface area contributed by atoms with Crippen LogP contribution in [-0.4, -0.2) is 25.3 Å². The van der Waals surface area contributed by atoms with Crippen LogP contribution in [0.2, 0.25) is 0 Å². The third-order valence-electron chi connectivity index (χ3n) is 3.30. The van der Waals surface area contributed by atoms with E-state index >= 15 is 0 Å². The van der Waals surface area contributed by atoms with Crippen LogP contribution in [0.15, 0.2) is 41.5 Å². The monoisotopic (exact) mass is 578 g/mol. The minimum absolute atomic E-state index is 0.119. The van der Waals surface area contributed by atoms with Crippen LogP contribution in [0.1, 0.15) is 25.0 Å². The molecule has 0 unspecified atom stereocenters. The van der Waals surface area contributed by atoms with Gasteiger partial charge in [0.15, 0.2) is 0 Å². The van der Waals surface area contributed by atoms with Gasteiger partial charge in [-0.25, -0.2) is 5.43 Å². The fraction of sp³-hybridized carbons (Fsp3) is 0.263. The average Bonchev–Trinajstić information content (AvgIpc) is 2.58. The minimum atomic E-state index is -0.171. The van der Waals surface area contributed by atoms with Gasteiger partial charge in [-0.15, -0.1) is 0 Å². The molecule has 2 rings (SSSR count). The van der Waals surface area contributed by atoms with Crippen LogP contribution in [0, 0.1) is 7.14 Å². The van der Waals surface area contributed by atoms with E-state index in [0.29, 0.717) is 0 Å². The highest BCUT2D eigenvalue weighted by atomic mass is 127. The fourth-order valence-electron chi connectivity index (χ4n) is 2.15. The first kappa shape index (κ1) is 20.9. The zero-order valence-electron chi connectivity index (χ0n) is 14.8. The number of nitrogens with zero attached hydrogens (tertiary/aromatic N) is 1. The first-order valence-corrected chi connectivity index (χ1v) is 10.2. The first-order chi connectivity index (χ1) is 12.4. The van der Waals surface area contributed by atoms with Gasteiger partial charge >= 0.3 is 0 Å². The summed E-state index contributed by atoms with van der Waals surface area (Å²) >= 11 is 4.48. The number of rotatable bonds is 7. The minimum Gasteiger partial charge on any atom is -0.497 e.